The number of halogens is 1. The summed E-state index contributed by atoms with van der Waals surface area (Å²) in [5.74, 6) is -0.417. The van der Waals surface area contributed by atoms with Crippen LogP contribution in [0.25, 0.3) is 0 Å². The van der Waals surface area contributed by atoms with Crippen molar-refractivity contribution in [3.05, 3.63) is 41.2 Å². The van der Waals surface area contributed by atoms with E-state index in [2.05, 4.69) is 25.7 Å². The number of aromatic nitrogens is 4. The number of hydrogen-bond acceptors (Lipinski definition) is 6. The van der Waals surface area contributed by atoms with Crippen molar-refractivity contribution in [3.8, 4) is 0 Å². The minimum atomic E-state index is -0.556. The molecule has 0 aliphatic rings. The molecule has 0 saturated carbocycles. The topological polar surface area (TPSA) is 111 Å². The van der Waals surface area contributed by atoms with E-state index < -0.39 is 17.6 Å². The van der Waals surface area contributed by atoms with Gasteiger partial charge in [-0.05, 0) is 32.9 Å². The summed E-state index contributed by atoms with van der Waals surface area (Å²) in [6.45, 7) is 6.18. The lowest BCUT2D eigenvalue weighted by Gasteiger charge is -2.19. The van der Waals surface area contributed by atoms with Crippen LogP contribution in [0.3, 0.4) is 0 Å². The standard InChI is InChI=1S/C16H21ClN6O3/c1-16(2,3)26-15(25)19-7-8-23-10-21-13(22-23)14(24)20-9-12-11(17)5-4-6-18-12/h4-6,10H,7-9H2,1-3H3,(H,19,25)(H,20,24). The molecule has 2 N–H and O–H groups in total. The number of pyridine rings is 1. The lowest BCUT2D eigenvalue weighted by molar-refractivity contribution is 0.0525. The second-order valence-electron chi connectivity index (χ2n) is 6.37. The number of carbonyl (C=O) groups is 2. The van der Waals surface area contributed by atoms with E-state index in [9.17, 15) is 9.59 Å². The Balaban J connectivity index is 1.79. The summed E-state index contributed by atoms with van der Waals surface area (Å²) < 4.78 is 6.58. The van der Waals surface area contributed by atoms with Gasteiger partial charge in [-0.2, -0.15) is 0 Å². The molecule has 0 unspecified atom stereocenters. The van der Waals surface area contributed by atoms with Gasteiger partial charge in [-0.1, -0.05) is 11.6 Å². The van der Waals surface area contributed by atoms with E-state index in [-0.39, 0.29) is 12.4 Å². The van der Waals surface area contributed by atoms with Crippen LogP contribution in [-0.2, 0) is 17.8 Å². The van der Waals surface area contributed by atoms with Crippen LogP contribution in [0.15, 0.2) is 24.7 Å². The Morgan fingerprint density at radius 3 is 2.73 bits per heavy atom. The second-order valence-corrected chi connectivity index (χ2v) is 6.78. The van der Waals surface area contributed by atoms with Crippen molar-refractivity contribution in [1.29, 1.82) is 0 Å². The van der Waals surface area contributed by atoms with Crippen molar-refractivity contribution < 1.29 is 14.3 Å². The van der Waals surface area contributed by atoms with Crippen LogP contribution in [0.4, 0.5) is 4.79 Å². The Bertz CT molecular complexity index is 771. The number of carbonyl (C=O) groups excluding carboxylic acids is 2. The molecule has 2 rings (SSSR count). The Kier molecular flexibility index (Phi) is 6.51. The second kappa shape index (κ2) is 8.61. The fourth-order valence-corrected chi connectivity index (χ4v) is 2.07. The number of nitrogens with zero attached hydrogens (tertiary/aromatic N) is 4. The Hall–Kier alpha value is -2.68. The number of nitrogens with one attached hydrogen (secondary N) is 2. The molecular weight excluding hydrogens is 360 g/mol. The number of alkyl carbamates (subject to hydrolysis) is 1. The highest BCUT2D eigenvalue weighted by atomic mass is 35.5. The van der Waals surface area contributed by atoms with E-state index in [0.717, 1.165) is 0 Å². The lowest BCUT2D eigenvalue weighted by atomic mass is 10.2. The summed E-state index contributed by atoms with van der Waals surface area (Å²) in [4.78, 5) is 31.7. The summed E-state index contributed by atoms with van der Waals surface area (Å²) in [7, 11) is 0. The van der Waals surface area contributed by atoms with Crippen molar-refractivity contribution in [2.75, 3.05) is 6.54 Å². The van der Waals surface area contributed by atoms with Crippen molar-refractivity contribution in [2.24, 2.45) is 0 Å². The summed E-state index contributed by atoms with van der Waals surface area (Å²) in [5, 5.41) is 9.80. The molecule has 0 bridgehead atoms. The van der Waals surface area contributed by atoms with Gasteiger partial charge in [0.05, 0.1) is 23.8 Å². The highest BCUT2D eigenvalue weighted by molar-refractivity contribution is 6.31. The molecule has 2 aromatic heterocycles. The maximum absolute atomic E-state index is 12.1. The van der Waals surface area contributed by atoms with Gasteiger partial charge in [0.2, 0.25) is 5.82 Å². The molecule has 0 aromatic carbocycles. The maximum Gasteiger partial charge on any atom is 0.407 e. The predicted molar refractivity (Wildman–Crippen MR) is 94.7 cm³/mol. The summed E-state index contributed by atoms with van der Waals surface area (Å²) in [6, 6.07) is 3.41. The van der Waals surface area contributed by atoms with Gasteiger partial charge in [-0.3, -0.25) is 14.5 Å². The van der Waals surface area contributed by atoms with Crippen molar-refractivity contribution in [3.63, 3.8) is 0 Å². The van der Waals surface area contributed by atoms with E-state index in [1.165, 1.54) is 11.0 Å². The van der Waals surface area contributed by atoms with E-state index in [1.807, 2.05) is 0 Å². The van der Waals surface area contributed by atoms with Crippen molar-refractivity contribution in [2.45, 2.75) is 39.5 Å². The third-order valence-electron chi connectivity index (χ3n) is 3.00. The Morgan fingerprint density at radius 1 is 1.27 bits per heavy atom. The third-order valence-corrected chi connectivity index (χ3v) is 3.34. The SMILES string of the molecule is CC(C)(C)OC(=O)NCCn1cnc(C(=O)NCc2ncccc2Cl)n1. The number of rotatable bonds is 6. The fourth-order valence-electron chi connectivity index (χ4n) is 1.88. The molecule has 0 aliphatic carbocycles. The van der Waals surface area contributed by atoms with Crippen LogP contribution < -0.4 is 10.6 Å². The van der Waals surface area contributed by atoms with Gasteiger partial charge in [0.15, 0.2) is 0 Å². The fraction of sp³-hybridized carbons (Fsp3) is 0.438. The average molecular weight is 381 g/mol. The molecule has 0 spiro atoms. The first-order valence-electron chi connectivity index (χ1n) is 7.98. The van der Waals surface area contributed by atoms with Gasteiger partial charge in [-0.15, -0.1) is 5.10 Å². The first kappa shape index (κ1) is 19.6. The van der Waals surface area contributed by atoms with Gasteiger partial charge >= 0.3 is 6.09 Å². The number of amides is 2. The van der Waals surface area contributed by atoms with Gasteiger partial charge in [0, 0.05) is 12.7 Å². The van der Waals surface area contributed by atoms with Crippen molar-refractivity contribution in [1.82, 2.24) is 30.4 Å². The van der Waals surface area contributed by atoms with Gasteiger partial charge in [-0.25, -0.2) is 9.78 Å². The molecule has 0 saturated heterocycles. The molecule has 0 radical (unpaired) electrons. The minimum absolute atomic E-state index is 0.0225. The van der Waals surface area contributed by atoms with Crippen LogP contribution in [0.5, 0.6) is 0 Å². The Morgan fingerprint density at radius 2 is 2.04 bits per heavy atom. The van der Waals surface area contributed by atoms with Gasteiger partial charge in [0.1, 0.15) is 11.9 Å². The van der Waals surface area contributed by atoms with Crippen LogP contribution >= 0.6 is 11.6 Å². The number of hydrogen-bond donors (Lipinski definition) is 2. The molecular formula is C16H21ClN6O3. The molecule has 2 aromatic rings. The first-order chi connectivity index (χ1) is 12.2. The van der Waals surface area contributed by atoms with Crippen LogP contribution in [0, 0.1) is 0 Å². The first-order valence-corrected chi connectivity index (χ1v) is 8.36. The zero-order chi connectivity index (χ0) is 19.2. The van der Waals surface area contributed by atoms with Crippen LogP contribution in [0.1, 0.15) is 37.1 Å². The summed E-state index contributed by atoms with van der Waals surface area (Å²) in [6.07, 6.45) is 2.50. The smallest absolute Gasteiger partial charge is 0.407 e. The van der Waals surface area contributed by atoms with Crippen LogP contribution in [-0.4, -0.2) is 43.9 Å². The molecule has 2 heterocycles. The van der Waals surface area contributed by atoms with E-state index in [0.29, 0.717) is 23.8 Å². The summed E-state index contributed by atoms with van der Waals surface area (Å²) >= 11 is 5.99. The zero-order valence-corrected chi connectivity index (χ0v) is 15.6. The molecule has 9 nitrogen and oxygen atoms in total. The molecule has 2 amide bonds. The molecule has 26 heavy (non-hydrogen) atoms. The zero-order valence-electron chi connectivity index (χ0n) is 14.8. The quantitative estimate of drug-likeness (QED) is 0.790. The van der Waals surface area contributed by atoms with E-state index in [4.69, 9.17) is 16.3 Å². The highest BCUT2D eigenvalue weighted by Crippen LogP contribution is 2.11. The molecule has 0 fully saturated rings. The minimum Gasteiger partial charge on any atom is -0.444 e. The van der Waals surface area contributed by atoms with E-state index in [1.54, 1.807) is 39.1 Å². The van der Waals surface area contributed by atoms with Crippen molar-refractivity contribution >= 4 is 23.6 Å². The summed E-state index contributed by atoms with van der Waals surface area (Å²) in [5.41, 5.74) is 0.00236. The monoisotopic (exact) mass is 380 g/mol. The number of ether oxygens (including phenoxy) is 1. The largest absolute Gasteiger partial charge is 0.444 e. The maximum atomic E-state index is 12.1. The lowest BCUT2D eigenvalue weighted by Crippen LogP contribution is -2.34. The molecule has 10 heteroatoms. The average Bonchev–Trinajstić information content (AvgIpc) is 3.01. The molecule has 140 valence electrons. The van der Waals surface area contributed by atoms with Gasteiger partial charge in [0.25, 0.3) is 5.91 Å². The third kappa shape index (κ3) is 6.32. The van der Waals surface area contributed by atoms with E-state index >= 15 is 0 Å². The predicted octanol–water partition coefficient (Wildman–Crippen LogP) is 1.78. The highest BCUT2D eigenvalue weighted by Gasteiger charge is 2.16. The molecule has 0 atom stereocenters. The van der Waals surface area contributed by atoms with Gasteiger partial charge < -0.3 is 15.4 Å². The molecule has 0 aliphatic heterocycles. The van der Waals surface area contributed by atoms with Crippen LogP contribution in [0.2, 0.25) is 5.02 Å². The Labute approximate surface area is 156 Å². The normalized spacial score (nSPS) is 11.1.